The van der Waals surface area contributed by atoms with Gasteiger partial charge in [-0.25, -0.2) is 0 Å². The molecule has 1 fully saturated rings. The maximum atomic E-state index is 12.6. The quantitative estimate of drug-likeness (QED) is 0.799. The van der Waals surface area contributed by atoms with Crippen LogP contribution < -0.4 is 10.6 Å². The van der Waals surface area contributed by atoms with E-state index in [-0.39, 0.29) is 25.0 Å². The molecular formula is C17H21N5O3. The Hall–Kier alpha value is -2.74. The number of hydrogen-bond donors (Lipinski definition) is 2. The fourth-order valence-corrected chi connectivity index (χ4v) is 2.81. The number of amides is 2. The molecule has 8 nitrogen and oxygen atoms in total. The molecule has 132 valence electrons. The molecule has 3 rings (SSSR count). The zero-order chi connectivity index (χ0) is 17.6. The van der Waals surface area contributed by atoms with Crippen molar-refractivity contribution in [3.8, 4) is 0 Å². The largest absolute Gasteiger partial charge is 0.356 e. The van der Waals surface area contributed by atoms with Crippen LogP contribution in [0.15, 0.2) is 36.7 Å². The minimum atomic E-state index is -0.789. The van der Waals surface area contributed by atoms with Crippen molar-refractivity contribution in [3.05, 3.63) is 48.0 Å². The average Bonchev–Trinajstić information content (AvgIpc) is 3.08. The van der Waals surface area contributed by atoms with Crippen molar-refractivity contribution < 1.29 is 14.3 Å². The van der Waals surface area contributed by atoms with Crippen LogP contribution in [0, 0.1) is 0 Å². The standard InChI is InChI=1S/C17H21N5O3/c1-2-8-22-11-19-21-13(22)9-18-17(24)16-15(20-14(23)10-25-16)12-6-4-3-5-7-12/h3-7,11,15-16H,2,8-10H2,1H3,(H,18,24)(H,20,23)/t15-,16+/m1/s1. The summed E-state index contributed by atoms with van der Waals surface area (Å²) in [6.45, 7) is 2.98. The maximum Gasteiger partial charge on any atom is 0.252 e. The predicted molar refractivity (Wildman–Crippen MR) is 89.2 cm³/mol. The number of hydrogen-bond acceptors (Lipinski definition) is 5. The first-order valence-corrected chi connectivity index (χ1v) is 8.29. The number of rotatable bonds is 6. The number of carbonyl (C=O) groups is 2. The zero-order valence-electron chi connectivity index (χ0n) is 14.0. The summed E-state index contributed by atoms with van der Waals surface area (Å²) in [5.74, 6) is 0.159. The number of aryl methyl sites for hydroxylation is 1. The lowest BCUT2D eigenvalue weighted by Crippen LogP contribution is -2.52. The molecular weight excluding hydrogens is 322 g/mol. The van der Waals surface area contributed by atoms with E-state index in [9.17, 15) is 9.59 Å². The monoisotopic (exact) mass is 343 g/mol. The molecule has 2 heterocycles. The van der Waals surface area contributed by atoms with E-state index < -0.39 is 12.1 Å². The van der Waals surface area contributed by atoms with Crippen LogP contribution in [-0.2, 0) is 27.4 Å². The van der Waals surface area contributed by atoms with Crippen LogP contribution in [0.25, 0.3) is 0 Å². The highest BCUT2D eigenvalue weighted by molar-refractivity contribution is 5.86. The van der Waals surface area contributed by atoms with E-state index >= 15 is 0 Å². The second kappa shape index (κ2) is 7.89. The summed E-state index contributed by atoms with van der Waals surface area (Å²) in [5, 5.41) is 13.6. The Morgan fingerprint density at radius 3 is 2.96 bits per heavy atom. The molecule has 1 aliphatic rings. The highest BCUT2D eigenvalue weighted by Gasteiger charge is 2.35. The molecule has 2 atom stereocenters. The summed E-state index contributed by atoms with van der Waals surface area (Å²) in [7, 11) is 0. The van der Waals surface area contributed by atoms with Gasteiger partial charge in [-0.3, -0.25) is 9.59 Å². The van der Waals surface area contributed by atoms with Crippen LogP contribution in [-0.4, -0.2) is 39.3 Å². The molecule has 2 aromatic rings. The third-order valence-electron chi connectivity index (χ3n) is 4.01. The average molecular weight is 343 g/mol. The smallest absolute Gasteiger partial charge is 0.252 e. The molecule has 2 amide bonds. The van der Waals surface area contributed by atoms with Crippen molar-refractivity contribution in [2.75, 3.05) is 6.61 Å². The Bertz CT molecular complexity index is 731. The van der Waals surface area contributed by atoms with Crippen LogP contribution in [0.1, 0.15) is 30.8 Å². The van der Waals surface area contributed by atoms with Crippen LogP contribution in [0.2, 0.25) is 0 Å². The molecule has 25 heavy (non-hydrogen) atoms. The second-order valence-electron chi connectivity index (χ2n) is 5.85. The van der Waals surface area contributed by atoms with Crippen molar-refractivity contribution >= 4 is 11.8 Å². The molecule has 1 aliphatic heterocycles. The summed E-state index contributed by atoms with van der Waals surface area (Å²) >= 11 is 0. The molecule has 0 spiro atoms. The van der Waals surface area contributed by atoms with Gasteiger partial charge in [0.15, 0.2) is 11.9 Å². The summed E-state index contributed by atoms with van der Waals surface area (Å²) in [4.78, 5) is 24.3. The number of aromatic nitrogens is 3. The number of carbonyl (C=O) groups excluding carboxylic acids is 2. The van der Waals surface area contributed by atoms with Crippen LogP contribution in [0.5, 0.6) is 0 Å². The van der Waals surface area contributed by atoms with Crippen molar-refractivity contribution in [1.82, 2.24) is 25.4 Å². The highest BCUT2D eigenvalue weighted by Crippen LogP contribution is 2.22. The minimum absolute atomic E-state index is 0.132. The van der Waals surface area contributed by atoms with Crippen molar-refractivity contribution in [1.29, 1.82) is 0 Å². The molecule has 2 N–H and O–H groups in total. The summed E-state index contributed by atoms with van der Waals surface area (Å²) < 4.78 is 7.40. The van der Waals surface area contributed by atoms with E-state index in [4.69, 9.17) is 4.74 Å². The van der Waals surface area contributed by atoms with Gasteiger partial charge in [-0.2, -0.15) is 0 Å². The van der Waals surface area contributed by atoms with Gasteiger partial charge in [-0.05, 0) is 12.0 Å². The zero-order valence-corrected chi connectivity index (χ0v) is 14.0. The van der Waals surface area contributed by atoms with Gasteiger partial charge in [0.2, 0.25) is 5.91 Å². The minimum Gasteiger partial charge on any atom is -0.356 e. The Balaban J connectivity index is 1.68. The van der Waals surface area contributed by atoms with Gasteiger partial charge < -0.3 is 19.9 Å². The van der Waals surface area contributed by atoms with Crippen LogP contribution in [0.3, 0.4) is 0 Å². The first-order chi connectivity index (χ1) is 12.2. The van der Waals surface area contributed by atoms with E-state index in [1.165, 1.54) is 0 Å². The van der Waals surface area contributed by atoms with Crippen LogP contribution >= 0.6 is 0 Å². The third kappa shape index (κ3) is 4.03. The topological polar surface area (TPSA) is 98.1 Å². The van der Waals surface area contributed by atoms with Crippen molar-refractivity contribution in [3.63, 3.8) is 0 Å². The predicted octanol–water partition coefficient (Wildman–Crippen LogP) is 0.561. The Morgan fingerprint density at radius 1 is 1.40 bits per heavy atom. The number of nitrogens with zero attached hydrogens (tertiary/aromatic N) is 3. The van der Waals surface area contributed by atoms with E-state index in [1.807, 2.05) is 34.9 Å². The fourth-order valence-electron chi connectivity index (χ4n) is 2.81. The molecule has 8 heteroatoms. The van der Waals surface area contributed by atoms with E-state index in [1.54, 1.807) is 6.33 Å². The molecule has 1 saturated heterocycles. The van der Waals surface area contributed by atoms with E-state index in [0.29, 0.717) is 5.82 Å². The van der Waals surface area contributed by atoms with Gasteiger partial charge in [0.25, 0.3) is 5.91 Å². The first-order valence-electron chi connectivity index (χ1n) is 8.29. The van der Waals surface area contributed by atoms with Gasteiger partial charge in [0.05, 0.1) is 12.6 Å². The summed E-state index contributed by atoms with van der Waals surface area (Å²) in [6, 6.07) is 8.80. The van der Waals surface area contributed by atoms with Crippen molar-refractivity contribution in [2.24, 2.45) is 0 Å². The first kappa shape index (κ1) is 17.1. The molecule has 0 saturated carbocycles. The SMILES string of the molecule is CCCn1cnnc1CNC(=O)[C@H]1OCC(=O)N[C@@H]1c1ccccc1. The van der Waals surface area contributed by atoms with E-state index in [0.717, 1.165) is 18.5 Å². The summed E-state index contributed by atoms with van der Waals surface area (Å²) in [5.41, 5.74) is 0.824. The lowest BCUT2D eigenvalue weighted by atomic mass is 9.99. The molecule has 1 aromatic heterocycles. The van der Waals surface area contributed by atoms with Crippen LogP contribution in [0.4, 0.5) is 0 Å². The van der Waals surface area contributed by atoms with Gasteiger partial charge >= 0.3 is 0 Å². The van der Waals surface area contributed by atoms with Gasteiger partial charge in [0.1, 0.15) is 12.9 Å². The number of nitrogens with one attached hydrogen (secondary N) is 2. The fraction of sp³-hybridized carbons (Fsp3) is 0.412. The van der Waals surface area contributed by atoms with Gasteiger partial charge in [-0.15, -0.1) is 10.2 Å². The highest BCUT2D eigenvalue weighted by atomic mass is 16.5. The molecule has 0 bridgehead atoms. The maximum absolute atomic E-state index is 12.6. The normalized spacial score (nSPS) is 20.1. The number of ether oxygens (including phenoxy) is 1. The number of benzene rings is 1. The molecule has 0 aliphatic carbocycles. The molecule has 0 radical (unpaired) electrons. The lowest BCUT2D eigenvalue weighted by Gasteiger charge is -2.31. The Labute approximate surface area is 145 Å². The number of morpholine rings is 1. The Kier molecular flexibility index (Phi) is 5.39. The van der Waals surface area contributed by atoms with Gasteiger partial charge in [0, 0.05) is 6.54 Å². The molecule has 0 unspecified atom stereocenters. The summed E-state index contributed by atoms with van der Waals surface area (Å²) in [6.07, 6.45) is 1.81. The molecule has 1 aromatic carbocycles. The second-order valence-corrected chi connectivity index (χ2v) is 5.85. The lowest BCUT2D eigenvalue weighted by molar-refractivity contribution is -0.148. The van der Waals surface area contributed by atoms with Crippen molar-refractivity contribution in [2.45, 2.75) is 38.6 Å². The van der Waals surface area contributed by atoms with Gasteiger partial charge in [-0.1, -0.05) is 37.3 Å². The Morgan fingerprint density at radius 2 is 2.20 bits per heavy atom. The third-order valence-corrected chi connectivity index (χ3v) is 4.01. The van der Waals surface area contributed by atoms with E-state index in [2.05, 4.69) is 27.8 Å².